The van der Waals surface area contributed by atoms with E-state index in [2.05, 4.69) is 15.8 Å². The lowest BCUT2D eigenvalue weighted by Crippen LogP contribution is -2.21. The number of phenols is 1. The van der Waals surface area contributed by atoms with E-state index in [-0.39, 0.29) is 23.6 Å². The molecule has 0 aliphatic rings. The average molecular weight is 420 g/mol. The molecule has 0 heterocycles. The Balaban J connectivity index is 2.03. The predicted octanol–water partition coefficient (Wildman–Crippen LogP) is 3.51. The second-order valence-electron chi connectivity index (χ2n) is 6.17. The van der Waals surface area contributed by atoms with Gasteiger partial charge in [0.1, 0.15) is 17.2 Å². The number of hydrogen-bond acceptors (Lipinski definition) is 6. The number of aromatic hydroxyl groups is 1. The van der Waals surface area contributed by atoms with Crippen molar-refractivity contribution in [2.75, 3.05) is 19.5 Å². The Morgan fingerprint density at radius 1 is 1.17 bits per heavy atom. The van der Waals surface area contributed by atoms with E-state index in [0.717, 1.165) is 0 Å². The third-order valence-corrected chi connectivity index (χ3v) is 4.29. The quantitative estimate of drug-likeness (QED) is 0.470. The maximum atomic E-state index is 12.3. The fourth-order valence-electron chi connectivity index (χ4n) is 2.47. The van der Waals surface area contributed by atoms with Crippen LogP contribution in [0.15, 0.2) is 35.4 Å². The Kier molecular flexibility index (Phi) is 7.44. The minimum atomic E-state index is -0.574. The largest absolute Gasteiger partial charge is 0.507 e. The number of benzene rings is 2. The molecule has 2 aromatic carbocycles. The molecular weight excluding hydrogens is 398 g/mol. The Morgan fingerprint density at radius 2 is 1.86 bits per heavy atom. The average Bonchev–Trinajstić information content (AvgIpc) is 2.69. The van der Waals surface area contributed by atoms with E-state index in [1.54, 1.807) is 32.0 Å². The first-order valence-electron chi connectivity index (χ1n) is 8.60. The Labute approximate surface area is 173 Å². The van der Waals surface area contributed by atoms with Crippen LogP contribution in [-0.2, 0) is 4.79 Å². The lowest BCUT2D eigenvalue weighted by molar-refractivity contribution is -0.115. The van der Waals surface area contributed by atoms with Gasteiger partial charge >= 0.3 is 0 Å². The summed E-state index contributed by atoms with van der Waals surface area (Å²) < 4.78 is 10.4. The summed E-state index contributed by atoms with van der Waals surface area (Å²) in [5.74, 6) is -0.295. The summed E-state index contributed by atoms with van der Waals surface area (Å²) in [6.45, 7) is 3.28. The minimum absolute atomic E-state index is 0.0752. The van der Waals surface area contributed by atoms with Gasteiger partial charge in [-0.25, -0.2) is 5.43 Å². The highest BCUT2D eigenvalue weighted by Gasteiger charge is 2.14. The van der Waals surface area contributed by atoms with Gasteiger partial charge in [-0.3, -0.25) is 9.59 Å². The number of anilines is 1. The molecule has 0 saturated heterocycles. The normalized spacial score (nSPS) is 11.0. The van der Waals surface area contributed by atoms with E-state index in [0.29, 0.717) is 33.5 Å². The van der Waals surface area contributed by atoms with E-state index in [1.165, 1.54) is 26.4 Å². The summed E-state index contributed by atoms with van der Waals surface area (Å²) >= 11 is 6.05. The van der Waals surface area contributed by atoms with Gasteiger partial charge in [0, 0.05) is 17.8 Å². The van der Waals surface area contributed by atoms with Crippen molar-refractivity contribution in [2.24, 2.45) is 5.10 Å². The van der Waals surface area contributed by atoms with Crippen molar-refractivity contribution in [1.82, 2.24) is 5.43 Å². The molecule has 2 rings (SSSR count). The molecule has 0 aliphatic carbocycles. The van der Waals surface area contributed by atoms with Gasteiger partial charge in [-0.1, -0.05) is 23.7 Å². The van der Waals surface area contributed by atoms with Gasteiger partial charge in [-0.2, -0.15) is 5.10 Å². The summed E-state index contributed by atoms with van der Waals surface area (Å²) in [5, 5.41) is 16.9. The van der Waals surface area contributed by atoms with E-state index in [9.17, 15) is 14.7 Å². The number of methoxy groups -OCH3 is 2. The van der Waals surface area contributed by atoms with Crippen molar-refractivity contribution in [1.29, 1.82) is 0 Å². The molecule has 0 radical (unpaired) electrons. The number of nitrogens with zero attached hydrogens (tertiary/aromatic N) is 1. The molecule has 2 amide bonds. The van der Waals surface area contributed by atoms with Gasteiger partial charge in [-0.05, 0) is 25.5 Å². The van der Waals surface area contributed by atoms with Gasteiger partial charge in [0.2, 0.25) is 5.91 Å². The lowest BCUT2D eigenvalue weighted by Gasteiger charge is -2.13. The zero-order chi connectivity index (χ0) is 21.6. The number of aryl methyl sites for hydroxylation is 1. The first kappa shape index (κ1) is 22.0. The van der Waals surface area contributed by atoms with Crippen LogP contribution in [-0.4, -0.2) is 36.9 Å². The van der Waals surface area contributed by atoms with Crippen molar-refractivity contribution >= 4 is 34.8 Å². The zero-order valence-corrected chi connectivity index (χ0v) is 17.3. The van der Waals surface area contributed by atoms with Crippen molar-refractivity contribution < 1.29 is 24.2 Å². The highest BCUT2D eigenvalue weighted by molar-refractivity contribution is 6.32. The second kappa shape index (κ2) is 9.79. The molecule has 0 aromatic heterocycles. The van der Waals surface area contributed by atoms with Crippen molar-refractivity contribution in [3.8, 4) is 17.2 Å². The van der Waals surface area contributed by atoms with Crippen molar-refractivity contribution in [3.63, 3.8) is 0 Å². The topological polar surface area (TPSA) is 109 Å². The maximum Gasteiger partial charge on any atom is 0.275 e. The molecule has 9 heteroatoms. The summed E-state index contributed by atoms with van der Waals surface area (Å²) in [5.41, 5.74) is 3.76. The second-order valence-corrected chi connectivity index (χ2v) is 6.58. The first-order chi connectivity index (χ1) is 13.8. The fraction of sp³-hybridized carbons (Fsp3) is 0.250. The molecule has 0 saturated carbocycles. The molecule has 0 bridgehead atoms. The highest BCUT2D eigenvalue weighted by atomic mass is 35.5. The van der Waals surface area contributed by atoms with Gasteiger partial charge in [-0.15, -0.1) is 0 Å². The number of para-hydroxylation sites is 1. The molecule has 29 heavy (non-hydrogen) atoms. The van der Waals surface area contributed by atoms with Crippen LogP contribution in [0, 0.1) is 6.92 Å². The van der Waals surface area contributed by atoms with Crippen molar-refractivity contribution in [2.45, 2.75) is 20.3 Å². The molecule has 2 aromatic rings. The van der Waals surface area contributed by atoms with Gasteiger partial charge in [0.05, 0.1) is 36.9 Å². The van der Waals surface area contributed by atoms with Crippen LogP contribution in [0.3, 0.4) is 0 Å². The fourth-order valence-corrected chi connectivity index (χ4v) is 2.70. The molecular formula is C20H22ClN3O5. The van der Waals surface area contributed by atoms with Crippen LogP contribution in [0.1, 0.15) is 29.3 Å². The Bertz CT molecular complexity index is 959. The molecule has 0 aliphatic heterocycles. The number of hydrazone groups is 1. The third-order valence-electron chi connectivity index (χ3n) is 4.00. The van der Waals surface area contributed by atoms with Gasteiger partial charge in [0.15, 0.2) is 0 Å². The maximum absolute atomic E-state index is 12.3. The molecule has 0 fully saturated rings. The SMILES string of the molecule is COc1cc(NC(=O)C/C(C)=N/NC(=O)c2cccc(C)c2O)c(OC)cc1Cl. The van der Waals surface area contributed by atoms with Crippen LogP contribution in [0.4, 0.5) is 5.69 Å². The first-order valence-corrected chi connectivity index (χ1v) is 8.98. The van der Waals surface area contributed by atoms with Crippen LogP contribution < -0.4 is 20.2 Å². The number of halogens is 1. The Morgan fingerprint density at radius 3 is 2.52 bits per heavy atom. The summed E-state index contributed by atoms with van der Waals surface area (Å²) in [7, 11) is 2.92. The minimum Gasteiger partial charge on any atom is -0.507 e. The standard InChI is InChI=1S/C20H22ClN3O5/c1-11-6-5-7-13(19(11)26)20(27)24-23-12(2)8-18(25)22-15-10-16(28-3)14(21)9-17(15)29-4/h5-7,9-10,26H,8H2,1-4H3,(H,22,25)(H,24,27)/b23-12+. The predicted molar refractivity (Wildman–Crippen MR) is 111 cm³/mol. The number of nitrogens with one attached hydrogen (secondary N) is 2. The van der Waals surface area contributed by atoms with E-state index in [4.69, 9.17) is 21.1 Å². The van der Waals surface area contributed by atoms with Crippen LogP contribution >= 0.6 is 11.6 Å². The molecule has 154 valence electrons. The number of hydrogen-bond donors (Lipinski definition) is 3. The Hall–Kier alpha value is -3.26. The lowest BCUT2D eigenvalue weighted by atomic mass is 10.1. The van der Waals surface area contributed by atoms with Gasteiger partial charge < -0.3 is 19.9 Å². The summed E-state index contributed by atoms with van der Waals surface area (Å²) in [6, 6.07) is 7.90. The molecule has 0 unspecified atom stereocenters. The van der Waals surface area contributed by atoms with Crippen molar-refractivity contribution in [3.05, 3.63) is 46.5 Å². The van der Waals surface area contributed by atoms with E-state index >= 15 is 0 Å². The van der Waals surface area contributed by atoms with E-state index in [1.807, 2.05) is 0 Å². The smallest absolute Gasteiger partial charge is 0.275 e. The molecule has 3 N–H and O–H groups in total. The zero-order valence-electron chi connectivity index (χ0n) is 16.5. The molecule has 8 nitrogen and oxygen atoms in total. The van der Waals surface area contributed by atoms with Crippen LogP contribution in [0.5, 0.6) is 17.2 Å². The van der Waals surface area contributed by atoms with Crippen LogP contribution in [0.2, 0.25) is 5.02 Å². The number of rotatable bonds is 7. The van der Waals surface area contributed by atoms with Gasteiger partial charge in [0.25, 0.3) is 5.91 Å². The van der Waals surface area contributed by atoms with Crippen LogP contribution in [0.25, 0.3) is 0 Å². The number of amides is 2. The number of ether oxygens (including phenoxy) is 2. The highest BCUT2D eigenvalue weighted by Crippen LogP contribution is 2.35. The number of carbonyl (C=O) groups excluding carboxylic acids is 2. The summed E-state index contributed by atoms with van der Waals surface area (Å²) in [6.07, 6.45) is -0.0752. The number of carbonyl (C=O) groups is 2. The van der Waals surface area contributed by atoms with E-state index < -0.39 is 5.91 Å². The number of phenolic OH excluding ortho intramolecular Hbond substituents is 1. The molecule has 0 spiro atoms. The monoisotopic (exact) mass is 419 g/mol. The third kappa shape index (κ3) is 5.61. The molecule has 0 atom stereocenters. The summed E-state index contributed by atoms with van der Waals surface area (Å²) in [4.78, 5) is 24.5.